The monoisotopic (exact) mass is 301 g/mol. The number of carbonyl (C=O) groups is 1. The van der Waals surface area contributed by atoms with Crippen LogP contribution in [-0.4, -0.2) is 11.9 Å². The predicted octanol–water partition coefficient (Wildman–Crippen LogP) is 4.45. The first-order chi connectivity index (χ1) is 10.7. The molecule has 22 heavy (non-hydrogen) atoms. The minimum atomic E-state index is 0.305. The second kappa shape index (κ2) is 5.69. The molecule has 0 heterocycles. The van der Waals surface area contributed by atoms with Gasteiger partial charge in [0, 0.05) is 12.5 Å². The highest BCUT2D eigenvalue weighted by molar-refractivity contribution is 5.77. The van der Waals surface area contributed by atoms with Gasteiger partial charge in [-0.3, -0.25) is 4.79 Å². The molecule has 2 atom stereocenters. The van der Waals surface area contributed by atoms with E-state index in [1.54, 1.807) is 0 Å². The number of nitrogens with one attached hydrogen (secondary N) is 1. The van der Waals surface area contributed by atoms with E-state index in [2.05, 4.69) is 24.4 Å². The van der Waals surface area contributed by atoms with Crippen LogP contribution in [0.4, 0.5) is 0 Å². The van der Waals surface area contributed by atoms with Gasteiger partial charge < -0.3 is 5.32 Å². The van der Waals surface area contributed by atoms with Gasteiger partial charge in [0.2, 0.25) is 5.91 Å². The number of hydrogen-bond acceptors (Lipinski definition) is 1. The number of hydrogen-bond donors (Lipinski definition) is 1. The maximum Gasteiger partial charge on any atom is 0.220 e. The minimum absolute atomic E-state index is 0.305. The molecule has 4 bridgehead atoms. The van der Waals surface area contributed by atoms with Gasteiger partial charge in [0.25, 0.3) is 0 Å². The van der Waals surface area contributed by atoms with Gasteiger partial charge in [0.1, 0.15) is 0 Å². The lowest BCUT2D eigenvalue weighted by molar-refractivity contribution is -0.127. The summed E-state index contributed by atoms with van der Waals surface area (Å²) >= 11 is 0. The van der Waals surface area contributed by atoms with E-state index < -0.39 is 0 Å². The van der Waals surface area contributed by atoms with Crippen LogP contribution < -0.4 is 5.32 Å². The quantitative estimate of drug-likeness (QED) is 0.747. The topological polar surface area (TPSA) is 29.1 Å². The van der Waals surface area contributed by atoms with Gasteiger partial charge in [0.15, 0.2) is 0 Å². The van der Waals surface area contributed by atoms with E-state index in [0.717, 1.165) is 30.6 Å². The lowest BCUT2D eigenvalue weighted by Crippen LogP contribution is -2.56. The normalized spacial score (nSPS) is 43.5. The van der Waals surface area contributed by atoms with Crippen molar-refractivity contribution >= 4 is 5.91 Å². The SMILES string of the molecule is CC[C@@H](NC(=O)C[C@@H]1C=CCC1)C12CC3CC(CC(C3)C1)C2. The molecule has 0 aromatic heterocycles. The van der Waals surface area contributed by atoms with Crippen molar-refractivity contribution in [2.75, 3.05) is 0 Å². The highest BCUT2D eigenvalue weighted by Crippen LogP contribution is 2.61. The Morgan fingerprint density at radius 3 is 2.32 bits per heavy atom. The number of amides is 1. The molecule has 122 valence electrons. The largest absolute Gasteiger partial charge is 0.353 e. The summed E-state index contributed by atoms with van der Waals surface area (Å²) in [5.74, 6) is 3.70. The van der Waals surface area contributed by atoms with Crippen LogP contribution in [0.1, 0.15) is 71.1 Å². The van der Waals surface area contributed by atoms with Crippen LogP contribution in [0.2, 0.25) is 0 Å². The van der Waals surface area contributed by atoms with E-state index in [1.807, 2.05) is 0 Å². The number of rotatable bonds is 5. The Kier molecular flexibility index (Phi) is 3.82. The Morgan fingerprint density at radius 2 is 1.82 bits per heavy atom. The molecule has 2 nitrogen and oxygen atoms in total. The van der Waals surface area contributed by atoms with Crippen molar-refractivity contribution < 1.29 is 4.79 Å². The summed E-state index contributed by atoms with van der Waals surface area (Å²) in [5.41, 5.74) is 0.449. The van der Waals surface area contributed by atoms with Gasteiger partial charge in [-0.05, 0) is 86.9 Å². The molecule has 5 rings (SSSR count). The molecule has 1 amide bonds. The Morgan fingerprint density at radius 1 is 1.18 bits per heavy atom. The standard InChI is InChI=1S/C20H31NO/c1-2-18(21-19(22)10-14-5-3-4-6-14)20-11-15-7-16(12-20)9-17(8-15)13-20/h3,5,14-18H,2,4,6-13H2,1H3,(H,21,22)/t14-,15?,16?,17?,18-,20?/m1/s1. The molecule has 0 unspecified atom stereocenters. The summed E-state index contributed by atoms with van der Waals surface area (Å²) in [4.78, 5) is 12.5. The zero-order valence-corrected chi connectivity index (χ0v) is 14.0. The maximum absolute atomic E-state index is 12.5. The molecule has 0 aromatic carbocycles. The summed E-state index contributed by atoms with van der Waals surface area (Å²) in [6.07, 6.45) is 17.2. The molecule has 4 saturated carbocycles. The van der Waals surface area contributed by atoms with E-state index >= 15 is 0 Å². The molecule has 0 spiro atoms. The molecule has 0 aromatic rings. The van der Waals surface area contributed by atoms with Gasteiger partial charge in [-0.15, -0.1) is 0 Å². The van der Waals surface area contributed by atoms with Crippen LogP contribution in [0, 0.1) is 29.1 Å². The lowest BCUT2D eigenvalue weighted by atomic mass is 9.47. The highest BCUT2D eigenvalue weighted by atomic mass is 16.1. The summed E-state index contributed by atoms with van der Waals surface area (Å²) in [5, 5.41) is 3.48. The van der Waals surface area contributed by atoms with Crippen LogP contribution in [-0.2, 0) is 4.79 Å². The summed E-state index contributed by atoms with van der Waals surface area (Å²) in [6, 6.07) is 0.429. The molecule has 1 N–H and O–H groups in total. The van der Waals surface area contributed by atoms with Gasteiger partial charge in [-0.2, -0.15) is 0 Å². The number of carbonyl (C=O) groups excluding carboxylic acids is 1. The molecule has 2 heteroatoms. The average molecular weight is 301 g/mol. The maximum atomic E-state index is 12.5. The van der Waals surface area contributed by atoms with Crippen molar-refractivity contribution in [3.05, 3.63) is 12.2 Å². The average Bonchev–Trinajstić information content (AvgIpc) is 2.96. The number of allylic oxidation sites excluding steroid dienone is 2. The third-order valence-electron chi connectivity index (χ3n) is 7.13. The van der Waals surface area contributed by atoms with Crippen LogP contribution in [0.25, 0.3) is 0 Å². The zero-order valence-electron chi connectivity index (χ0n) is 14.0. The second-order valence-corrected chi connectivity index (χ2v) is 8.78. The van der Waals surface area contributed by atoms with Crippen LogP contribution in [0.3, 0.4) is 0 Å². The zero-order chi connectivity index (χ0) is 15.2. The van der Waals surface area contributed by atoms with E-state index in [-0.39, 0.29) is 0 Å². The molecule has 5 aliphatic rings. The lowest BCUT2D eigenvalue weighted by Gasteiger charge is -2.59. The third-order valence-corrected chi connectivity index (χ3v) is 7.13. The Labute approximate surface area is 135 Å². The van der Waals surface area contributed by atoms with Crippen molar-refractivity contribution in [1.29, 1.82) is 0 Å². The molecule has 0 aliphatic heterocycles. The van der Waals surface area contributed by atoms with Crippen molar-refractivity contribution in [2.24, 2.45) is 29.1 Å². The smallest absolute Gasteiger partial charge is 0.220 e. The van der Waals surface area contributed by atoms with E-state index in [4.69, 9.17) is 0 Å². The Bertz CT molecular complexity index is 431. The van der Waals surface area contributed by atoms with Crippen molar-refractivity contribution in [3.63, 3.8) is 0 Å². The van der Waals surface area contributed by atoms with Crippen LogP contribution in [0.5, 0.6) is 0 Å². The Balaban J connectivity index is 1.43. The fourth-order valence-electron chi connectivity index (χ4n) is 6.65. The van der Waals surface area contributed by atoms with E-state index in [9.17, 15) is 4.79 Å². The molecular weight excluding hydrogens is 270 g/mol. The molecule has 5 aliphatic carbocycles. The van der Waals surface area contributed by atoms with E-state index in [0.29, 0.717) is 29.7 Å². The predicted molar refractivity (Wildman–Crippen MR) is 89.3 cm³/mol. The van der Waals surface area contributed by atoms with Gasteiger partial charge in [0.05, 0.1) is 0 Å². The van der Waals surface area contributed by atoms with Gasteiger partial charge in [-0.1, -0.05) is 19.1 Å². The fraction of sp³-hybridized carbons (Fsp3) is 0.850. The first-order valence-corrected chi connectivity index (χ1v) is 9.63. The molecule has 4 fully saturated rings. The minimum Gasteiger partial charge on any atom is -0.353 e. The van der Waals surface area contributed by atoms with Crippen LogP contribution >= 0.6 is 0 Å². The molecular formula is C20H31NO. The summed E-state index contributed by atoms with van der Waals surface area (Å²) < 4.78 is 0. The summed E-state index contributed by atoms with van der Waals surface area (Å²) in [6.45, 7) is 2.28. The van der Waals surface area contributed by atoms with Crippen molar-refractivity contribution in [2.45, 2.75) is 77.2 Å². The summed E-state index contributed by atoms with van der Waals surface area (Å²) in [7, 11) is 0. The Hall–Kier alpha value is -0.790. The van der Waals surface area contributed by atoms with E-state index in [1.165, 1.54) is 44.9 Å². The first-order valence-electron chi connectivity index (χ1n) is 9.63. The second-order valence-electron chi connectivity index (χ2n) is 8.78. The molecule has 0 radical (unpaired) electrons. The van der Waals surface area contributed by atoms with Crippen molar-refractivity contribution in [3.8, 4) is 0 Å². The molecule has 0 saturated heterocycles. The highest BCUT2D eigenvalue weighted by Gasteiger charge is 2.53. The van der Waals surface area contributed by atoms with Gasteiger partial charge >= 0.3 is 0 Å². The van der Waals surface area contributed by atoms with Gasteiger partial charge in [-0.25, -0.2) is 0 Å². The van der Waals surface area contributed by atoms with Crippen molar-refractivity contribution in [1.82, 2.24) is 5.32 Å². The first kappa shape index (κ1) is 14.8. The third kappa shape index (κ3) is 2.63. The fourth-order valence-corrected chi connectivity index (χ4v) is 6.65. The van der Waals surface area contributed by atoms with Crippen LogP contribution in [0.15, 0.2) is 12.2 Å².